The molecule has 3 heterocycles. The third-order valence-corrected chi connectivity index (χ3v) is 5.09. The van der Waals surface area contributed by atoms with E-state index in [1.54, 1.807) is 11.3 Å². The second kappa shape index (κ2) is 5.23. The standard InChI is InChI=1S/C14H20N2O2S/c1-10-3-4-13(19-10)14(17)16-6-5-12-11(9-16)15(2)7-8-18-12/h3-4,11-12H,5-9H2,1-2H3/t11-,12-/m0/s1. The van der Waals surface area contributed by atoms with Crippen LogP contribution >= 0.6 is 11.3 Å². The highest BCUT2D eigenvalue weighted by Gasteiger charge is 2.37. The molecule has 2 atom stereocenters. The number of likely N-dealkylation sites (tertiary alicyclic amines) is 1. The van der Waals surface area contributed by atoms with Gasteiger partial charge in [0, 0.05) is 24.5 Å². The lowest BCUT2D eigenvalue weighted by molar-refractivity contribution is -0.0893. The molecule has 2 fully saturated rings. The highest BCUT2D eigenvalue weighted by molar-refractivity contribution is 7.13. The molecule has 0 bridgehead atoms. The van der Waals surface area contributed by atoms with E-state index in [-0.39, 0.29) is 5.91 Å². The van der Waals surface area contributed by atoms with E-state index in [9.17, 15) is 4.79 Å². The van der Waals surface area contributed by atoms with E-state index in [0.717, 1.165) is 37.5 Å². The molecule has 0 spiro atoms. The van der Waals surface area contributed by atoms with Gasteiger partial charge in [-0.15, -0.1) is 11.3 Å². The van der Waals surface area contributed by atoms with Gasteiger partial charge in [-0.05, 0) is 32.5 Å². The number of ether oxygens (including phenoxy) is 1. The molecule has 19 heavy (non-hydrogen) atoms. The minimum atomic E-state index is 0.176. The van der Waals surface area contributed by atoms with E-state index < -0.39 is 0 Å². The average molecular weight is 280 g/mol. The molecule has 1 aromatic heterocycles. The summed E-state index contributed by atoms with van der Waals surface area (Å²) in [6.07, 6.45) is 1.25. The lowest BCUT2D eigenvalue weighted by Crippen LogP contribution is -2.59. The Hall–Kier alpha value is -0.910. The number of morpholine rings is 1. The highest BCUT2D eigenvalue weighted by atomic mass is 32.1. The molecule has 0 radical (unpaired) electrons. The van der Waals surface area contributed by atoms with Crippen LogP contribution in [-0.2, 0) is 4.74 Å². The predicted molar refractivity (Wildman–Crippen MR) is 75.7 cm³/mol. The molecule has 4 nitrogen and oxygen atoms in total. The van der Waals surface area contributed by atoms with Crippen LogP contribution in [0.5, 0.6) is 0 Å². The van der Waals surface area contributed by atoms with E-state index in [4.69, 9.17) is 4.74 Å². The number of carbonyl (C=O) groups excluding carboxylic acids is 1. The number of aryl methyl sites for hydroxylation is 1. The normalized spacial score (nSPS) is 28.2. The molecule has 0 saturated carbocycles. The van der Waals surface area contributed by atoms with Gasteiger partial charge < -0.3 is 9.64 Å². The maximum Gasteiger partial charge on any atom is 0.263 e. The van der Waals surface area contributed by atoms with Gasteiger partial charge in [-0.2, -0.15) is 0 Å². The van der Waals surface area contributed by atoms with Crippen LogP contribution in [-0.4, -0.2) is 61.1 Å². The first kappa shape index (κ1) is 13.1. The van der Waals surface area contributed by atoms with E-state index in [1.807, 2.05) is 24.0 Å². The first-order valence-corrected chi connectivity index (χ1v) is 7.64. The van der Waals surface area contributed by atoms with Crippen molar-refractivity contribution in [3.8, 4) is 0 Å². The quantitative estimate of drug-likeness (QED) is 0.783. The van der Waals surface area contributed by atoms with Crippen LogP contribution in [0.3, 0.4) is 0 Å². The van der Waals surface area contributed by atoms with Gasteiger partial charge in [0.2, 0.25) is 0 Å². The third kappa shape index (κ3) is 2.55. The lowest BCUT2D eigenvalue weighted by Gasteiger charge is -2.45. The Kier molecular flexibility index (Phi) is 3.60. The van der Waals surface area contributed by atoms with Crippen LogP contribution < -0.4 is 0 Å². The van der Waals surface area contributed by atoms with Gasteiger partial charge in [-0.3, -0.25) is 9.69 Å². The predicted octanol–water partition coefficient (Wildman–Crippen LogP) is 1.60. The van der Waals surface area contributed by atoms with Gasteiger partial charge >= 0.3 is 0 Å². The molecule has 0 N–H and O–H groups in total. The second-order valence-corrected chi connectivity index (χ2v) is 6.70. The molecule has 2 saturated heterocycles. The maximum absolute atomic E-state index is 12.5. The van der Waals surface area contributed by atoms with Crippen molar-refractivity contribution in [2.75, 3.05) is 33.3 Å². The van der Waals surface area contributed by atoms with Crippen molar-refractivity contribution >= 4 is 17.2 Å². The first-order chi connectivity index (χ1) is 9.15. The van der Waals surface area contributed by atoms with Crippen molar-refractivity contribution in [1.29, 1.82) is 0 Å². The number of amides is 1. The summed E-state index contributed by atoms with van der Waals surface area (Å²) in [4.78, 5) is 18.8. The molecule has 0 aromatic carbocycles. The van der Waals surface area contributed by atoms with Crippen LogP contribution in [0.4, 0.5) is 0 Å². The summed E-state index contributed by atoms with van der Waals surface area (Å²) in [5.74, 6) is 0.176. The Labute approximate surface area is 118 Å². The zero-order valence-electron chi connectivity index (χ0n) is 11.5. The van der Waals surface area contributed by atoms with E-state index in [2.05, 4.69) is 11.9 Å². The van der Waals surface area contributed by atoms with Gasteiger partial charge in [0.1, 0.15) is 0 Å². The largest absolute Gasteiger partial charge is 0.375 e. The number of piperidine rings is 1. The number of carbonyl (C=O) groups is 1. The number of likely N-dealkylation sites (N-methyl/N-ethyl adjacent to an activating group) is 1. The molecule has 1 amide bonds. The average Bonchev–Trinajstić information content (AvgIpc) is 2.85. The van der Waals surface area contributed by atoms with Gasteiger partial charge in [-0.1, -0.05) is 0 Å². The van der Waals surface area contributed by atoms with Gasteiger partial charge in [0.15, 0.2) is 0 Å². The fourth-order valence-electron chi connectivity index (χ4n) is 2.93. The van der Waals surface area contributed by atoms with Crippen LogP contribution in [0.25, 0.3) is 0 Å². The first-order valence-electron chi connectivity index (χ1n) is 6.82. The van der Waals surface area contributed by atoms with Crippen molar-refractivity contribution in [1.82, 2.24) is 9.80 Å². The van der Waals surface area contributed by atoms with Crippen molar-refractivity contribution in [3.05, 3.63) is 21.9 Å². The van der Waals surface area contributed by atoms with Crippen molar-refractivity contribution < 1.29 is 9.53 Å². The molecule has 0 aliphatic carbocycles. The topological polar surface area (TPSA) is 32.8 Å². The zero-order chi connectivity index (χ0) is 13.4. The molecular formula is C14H20N2O2S. The van der Waals surface area contributed by atoms with Gasteiger partial charge in [0.05, 0.1) is 23.6 Å². The fraction of sp³-hybridized carbons (Fsp3) is 0.643. The molecule has 1 aromatic rings. The number of rotatable bonds is 1. The Morgan fingerprint density at radius 2 is 2.26 bits per heavy atom. The van der Waals surface area contributed by atoms with Crippen molar-refractivity contribution in [3.63, 3.8) is 0 Å². The van der Waals surface area contributed by atoms with Crippen LogP contribution in [0.15, 0.2) is 12.1 Å². The number of nitrogens with zero attached hydrogens (tertiary/aromatic N) is 2. The number of hydrogen-bond acceptors (Lipinski definition) is 4. The highest BCUT2D eigenvalue weighted by Crippen LogP contribution is 2.24. The Morgan fingerprint density at radius 3 is 3.00 bits per heavy atom. The number of hydrogen-bond donors (Lipinski definition) is 0. The molecule has 0 unspecified atom stereocenters. The van der Waals surface area contributed by atoms with Gasteiger partial charge in [0.25, 0.3) is 5.91 Å². The van der Waals surface area contributed by atoms with Crippen molar-refractivity contribution in [2.24, 2.45) is 0 Å². The number of fused-ring (bicyclic) bond motifs is 1. The molecule has 5 heteroatoms. The Bertz CT molecular complexity index is 474. The summed E-state index contributed by atoms with van der Waals surface area (Å²) in [5, 5.41) is 0. The number of thiophene rings is 1. The zero-order valence-corrected chi connectivity index (χ0v) is 12.3. The second-order valence-electron chi connectivity index (χ2n) is 5.41. The van der Waals surface area contributed by atoms with Crippen LogP contribution in [0.1, 0.15) is 21.0 Å². The SMILES string of the molecule is Cc1ccc(C(=O)N2CC[C@@H]3OCCN(C)[C@H]3C2)s1. The fourth-order valence-corrected chi connectivity index (χ4v) is 3.77. The Morgan fingerprint density at radius 1 is 1.42 bits per heavy atom. The van der Waals surface area contributed by atoms with Crippen molar-refractivity contribution in [2.45, 2.75) is 25.5 Å². The molecule has 2 aliphatic heterocycles. The molecule has 2 aliphatic rings. The van der Waals surface area contributed by atoms with E-state index in [0.29, 0.717) is 12.1 Å². The monoisotopic (exact) mass is 280 g/mol. The summed E-state index contributed by atoms with van der Waals surface area (Å²) < 4.78 is 5.81. The van der Waals surface area contributed by atoms with Crippen LogP contribution in [0.2, 0.25) is 0 Å². The molecular weight excluding hydrogens is 260 g/mol. The summed E-state index contributed by atoms with van der Waals surface area (Å²) in [6.45, 7) is 5.41. The van der Waals surface area contributed by atoms with Crippen LogP contribution in [0, 0.1) is 6.92 Å². The minimum Gasteiger partial charge on any atom is -0.375 e. The third-order valence-electron chi connectivity index (χ3n) is 4.10. The smallest absolute Gasteiger partial charge is 0.263 e. The minimum absolute atomic E-state index is 0.176. The van der Waals surface area contributed by atoms with Gasteiger partial charge in [-0.25, -0.2) is 0 Å². The molecule has 104 valence electrons. The lowest BCUT2D eigenvalue weighted by atomic mass is 9.99. The summed E-state index contributed by atoms with van der Waals surface area (Å²) in [5.41, 5.74) is 0. The van der Waals surface area contributed by atoms with E-state index >= 15 is 0 Å². The Balaban J connectivity index is 1.71. The summed E-state index contributed by atoms with van der Waals surface area (Å²) in [7, 11) is 2.13. The van der Waals surface area contributed by atoms with E-state index in [1.165, 1.54) is 4.88 Å². The molecule has 3 rings (SSSR count). The maximum atomic E-state index is 12.5. The summed E-state index contributed by atoms with van der Waals surface area (Å²) >= 11 is 1.58. The summed E-state index contributed by atoms with van der Waals surface area (Å²) in [6, 6.07) is 4.31.